The number of aromatic nitrogens is 3. The lowest BCUT2D eigenvalue weighted by Gasteiger charge is -2.14. The fourth-order valence-electron chi connectivity index (χ4n) is 2.72. The summed E-state index contributed by atoms with van der Waals surface area (Å²) in [6.45, 7) is 2.72. The molecule has 2 aromatic carbocycles. The van der Waals surface area contributed by atoms with Gasteiger partial charge in [0.15, 0.2) is 17.3 Å². The molecule has 3 aromatic rings. The molecule has 28 heavy (non-hydrogen) atoms. The van der Waals surface area contributed by atoms with Crippen molar-refractivity contribution in [2.75, 3.05) is 32.0 Å². The summed E-state index contributed by atoms with van der Waals surface area (Å²) in [6, 6.07) is 11.7. The molecule has 8 heteroatoms. The molecule has 0 amide bonds. The minimum absolute atomic E-state index is 0.351. The fourth-order valence-corrected chi connectivity index (χ4v) is 2.72. The number of nitrogens with one attached hydrogen (secondary N) is 2. The average molecular weight is 381 g/mol. The molecule has 146 valence electrons. The van der Waals surface area contributed by atoms with E-state index in [0.29, 0.717) is 41.2 Å². The second kappa shape index (κ2) is 8.90. The van der Waals surface area contributed by atoms with E-state index in [4.69, 9.17) is 14.2 Å². The predicted octanol–water partition coefficient (Wildman–Crippen LogP) is 3.56. The van der Waals surface area contributed by atoms with Crippen LogP contribution in [0.3, 0.4) is 0 Å². The summed E-state index contributed by atoms with van der Waals surface area (Å²) >= 11 is 0. The largest absolute Gasteiger partial charge is 0.493 e. The van der Waals surface area contributed by atoms with Crippen LogP contribution >= 0.6 is 0 Å². The van der Waals surface area contributed by atoms with Crippen molar-refractivity contribution in [2.45, 2.75) is 13.5 Å². The van der Waals surface area contributed by atoms with Gasteiger partial charge in [-0.2, -0.15) is 10.1 Å². The Labute approximate surface area is 163 Å². The van der Waals surface area contributed by atoms with Gasteiger partial charge in [-0.25, -0.2) is 0 Å². The van der Waals surface area contributed by atoms with E-state index in [1.807, 2.05) is 12.1 Å². The van der Waals surface area contributed by atoms with Gasteiger partial charge in [0.2, 0.25) is 11.7 Å². The number of anilines is 3. The quantitative estimate of drug-likeness (QED) is 0.612. The van der Waals surface area contributed by atoms with Crippen molar-refractivity contribution in [3.8, 4) is 17.2 Å². The lowest BCUT2D eigenvalue weighted by molar-refractivity contribution is 0.324. The van der Waals surface area contributed by atoms with Crippen LogP contribution in [-0.2, 0) is 6.54 Å². The maximum Gasteiger partial charge on any atom is 0.249 e. The average Bonchev–Trinajstić information content (AvgIpc) is 2.72. The Morgan fingerprint density at radius 1 is 0.964 bits per heavy atom. The maximum atomic E-state index is 5.37. The third-order valence-corrected chi connectivity index (χ3v) is 4.20. The van der Waals surface area contributed by atoms with Crippen molar-refractivity contribution in [3.63, 3.8) is 0 Å². The van der Waals surface area contributed by atoms with Crippen LogP contribution in [0, 0.1) is 6.92 Å². The van der Waals surface area contributed by atoms with E-state index in [1.54, 1.807) is 39.7 Å². The predicted molar refractivity (Wildman–Crippen MR) is 108 cm³/mol. The first-order valence-corrected chi connectivity index (χ1v) is 8.69. The highest BCUT2D eigenvalue weighted by Gasteiger charge is 2.14. The summed E-state index contributed by atoms with van der Waals surface area (Å²) in [5.74, 6) is 2.55. The number of rotatable bonds is 8. The molecule has 0 bridgehead atoms. The fraction of sp³-hybridized carbons (Fsp3) is 0.250. The Morgan fingerprint density at radius 2 is 1.68 bits per heavy atom. The van der Waals surface area contributed by atoms with Gasteiger partial charge in [-0.15, -0.1) is 5.10 Å². The number of methoxy groups -OCH3 is 3. The Morgan fingerprint density at radius 3 is 2.32 bits per heavy atom. The number of hydrogen-bond donors (Lipinski definition) is 2. The zero-order valence-electron chi connectivity index (χ0n) is 16.3. The zero-order chi connectivity index (χ0) is 19.9. The first-order chi connectivity index (χ1) is 13.6. The topological polar surface area (TPSA) is 90.4 Å². The van der Waals surface area contributed by atoms with Crippen molar-refractivity contribution in [1.29, 1.82) is 0 Å². The van der Waals surface area contributed by atoms with E-state index >= 15 is 0 Å². The molecule has 0 atom stereocenters. The number of aryl methyl sites for hydroxylation is 1. The van der Waals surface area contributed by atoms with Gasteiger partial charge in [0.25, 0.3) is 0 Å². The van der Waals surface area contributed by atoms with Crippen LogP contribution in [0.2, 0.25) is 0 Å². The van der Waals surface area contributed by atoms with E-state index in [9.17, 15) is 0 Å². The van der Waals surface area contributed by atoms with Crippen molar-refractivity contribution in [2.24, 2.45) is 0 Å². The van der Waals surface area contributed by atoms with E-state index in [1.165, 1.54) is 11.1 Å². The molecule has 0 fully saturated rings. The summed E-state index contributed by atoms with van der Waals surface area (Å²) in [5.41, 5.74) is 3.10. The van der Waals surface area contributed by atoms with Crippen LogP contribution in [0.1, 0.15) is 11.1 Å². The van der Waals surface area contributed by atoms with Crippen LogP contribution in [0.15, 0.2) is 42.6 Å². The van der Waals surface area contributed by atoms with Crippen LogP contribution in [0.4, 0.5) is 17.5 Å². The van der Waals surface area contributed by atoms with E-state index in [2.05, 4.69) is 44.9 Å². The van der Waals surface area contributed by atoms with Gasteiger partial charge in [-0.3, -0.25) is 0 Å². The van der Waals surface area contributed by atoms with Gasteiger partial charge < -0.3 is 24.8 Å². The molecule has 0 spiro atoms. The summed E-state index contributed by atoms with van der Waals surface area (Å²) in [7, 11) is 4.69. The Bertz CT molecular complexity index is 924. The van der Waals surface area contributed by atoms with Crippen molar-refractivity contribution in [1.82, 2.24) is 15.2 Å². The molecule has 3 rings (SSSR count). The molecule has 8 nitrogen and oxygen atoms in total. The highest BCUT2D eigenvalue weighted by Crippen LogP contribution is 2.40. The summed E-state index contributed by atoms with van der Waals surface area (Å²) < 4.78 is 16.1. The van der Waals surface area contributed by atoms with Crippen LogP contribution in [-0.4, -0.2) is 36.5 Å². The van der Waals surface area contributed by atoms with Gasteiger partial charge >= 0.3 is 0 Å². The van der Waals surface area contributed by atoms with Crippen LogP contribution < -0.4 is 24.8 Å². The lowest BCUT2D eigenvalue weighted by Crippen LogP contribution is -2.06. The van der Waals surface area contributed by atoms with E-state index < -0.39 is 0 Å². The van der Waals surface area contributed by atoms with Crippen LogP contribution in [0.25, 0.3) is 0 Å². The van der Waals surface area contributed by atoms with Crippen molar-refractivity contribution < 1.29 is 14.2 Å². The Kier molecular flexibility index (Phi) is 6.11. The lowest BCUT2D eigenvalue weighted by atomic mass is 10.1. The smallest absolute Gasteiger partial charge is 0.249 e. The maximum absolute atomic E-state index is 5.37. The van der Waals surface area contributed by atoms with E-state index in [-0.39, 0.29) is 0 Å². The number of hydrogen-bond acceptors (Lipinski definition) is 8. The molecule has 1 heterocycles. The molecule has 0 aliphatic heterocycles. The molecule has 2 N–H and O–H groups in total. The third kappa shape index (κ3) is 4.40. The summed E-state index contributed by atoms with van der Waals surface area (Å²) in [4.78, 5) is 4.46. The molecule has 0 radical (unpaired) electrons. The van der Waals surface area contributed by atoms with Crippen molar-refractivity contribution >= 4 is 17.5 Å². The van der Waals surface area contributed by atoms with Crippen LogP contribution in [0.5, 0.6) is 17.2 Å². The standard InChI is InChI=1S/C20H23N5O3/c1-13-7-5-6-8-14(13)11-21-18-12-22-25-20(24-18)23-15-9-16(26-2)19(28-4)17(10-15)27-3/h5-10,12H,11H2,1-4H3,(H2,21,23,24,25). The monoisotopic (exact) mass is 381 g/mol. The van der Waals surface area contributed by atoms with Gasteiger partial charge in [0.1, 0.15) is 0 Å². The van der Waals surface area contributed by atoms with Gasteiger partial charge in [-0.05, 0) is 18.1 Å². The molecule has 0 saturated carbocycles. The highest BCUT2D eigenvalue weighted by molar-refractivity contribution is 5.65. The summed E-state index contributed by atoms with van der Waals surface area (Å²) in [5, 5.41) is 14.4. The third-order valence-electron chi connectivity index (χ3n) is 4.20. The molecule has 1 aromatic heterocycles. The van der Waals surface area contributed by atoms with Gasteiger partial charge in [0, 0.05) is 24.4 Å². The first-order valence-electron chi connectivity index (χ1n) is 8.69. The molecular weight excluding hydrogens is 358 g/mol. The number of nitrogens with zero attached hydrogens (tertiary/aromatic N) is 3. The molecule has 0 unspecified atom stereocenters. The molecule has 0 aliphatic carbocycles. The molecule has 0 aliphatic rings. The normalized spacial score (nSPS) is 10.3. The molecular formula is C20H23N5O3. The minimum Gasteiger partial charge on any atom is -0.493 e. The zero-order valence-corrected chi connectivity index (χ0v) is 16.3. The van der Waals surface area contributed by atoms with Crippen molar-refractivity contribution in [3.05, 3.63) is 53.7 Å². The number of ether oxygens (including phenoxy) is 3. The van der Waals surface area contributed by atoms with E-state index in [0.717, 1.165) is 0 Å². The second-order valence-corrected chi connectivity index (χ2v) is 5.98. The Balaban J connectivity index is 1.77. The second-order valence-electron chi connectivity index (χ2n) is 5.98. The van der Waals surface area contributed by atoms with Gasteiger partial charge in [-0.1, -0.05) is 24.3 Å². The highest BCUT2D eigenvalue weighted by atomic mass is 16.5. The number of benzene rings is 2. The van der Waals surface area contributed by atoms with Gasteiger partial charge in [0.05, 0.1) is 27.5 Å². The SMILES string of the molecule is COc1cc(Nc2nncc(NCc3ccccc3C)n2)cc(OC)c1OC. The molecule has 0 saturated heterocycles. The summed E-state index contributed by atoms with van der Waals surface area (Å²) in [6.07, 6.45) is 1.58. The Hall–Kier alpha value is -3.55. The minimum atomic E-state index is 0.351. The first kappa shape index (κ1) is 19.2.